The Balaban J connectivity index is 1.81. The SMILES string of the molecule is Cc1cc(-n2c(C)cc(C=C3C(=O)c4ccccc4C3=O)c2C)ccc1Br. The molecule has 1 aliphatic rings. The van der Waals surface area contributed by atoms with Gasteiger partial charge in [0.2, 0.25) is 0 Å². The summed E-state index contributed by atoms with van der Waals surface area (Å²) in [5, 5.41) is 0. The summed E-state index contributed by atoms with van der Waals surface area (Å²) in [4.78, 5) is 25.3. The standard InChI is InChI=1S/C23H18BrNO2/c1-13-10-17(8-9-21(13)24)25-14(2)11-16(15(25)3)12-20-22(26)18-6-4-5-7-19(18)23(20)27/h4-12H,1-3H3. The van der Waals surface area contributed by atoms with Gasteiger partial charge < -0.3 is 4.57 Å². The maximum atomic E-state index is 12.7. The van der Waals surface area contributed by atoms with E-state index in [4.69, 9.17) is 0 Å². The van der Waals surface area contributed by atoms with Crippen LogP contribution in [0.4, 0.5) is 0 Å². The predicted molar refractivity (Wildman–Crippen MR) is 111 cm³/mol. The Kier molecular flexibility index (Phi) is 4.23. The van der Waals surface area contributed by atoms with E-state index >= 15 is 0 Å². The number of carbonyl (C=O) groups is 2. The highest BCUT2D eigenvalue weighted by Crippen LogP contribution is 2.30. The number of aromatic nitrogens is 1. The third-order valence-corrected chi connectivity index (χ3v) is 5.97. The molecule has 0 radical (unpaired) electrons. The van der Waals surface area contributed by atoms with Crippen LogP contribution in [0.2, 0.25) is 0 Å². The number of benzene rings is 2. The Morgan fingerprint density at radius 1 is 0.889 bits per heavy atom. The molecule has 0 atom stereocenters. The van der Waals surface area contributed by atoms with Crippen molar-refractivity contribution < 1.29 is 9.59 Å². The summed E-state index contributed by atoms with van der Waals surface area (Å²) < 4.78 is 3.21. The molecule has 0 bridgehead atoms. The molecule has 0 saturated carbocycles. The molecule has 0 unspecified atom stereocenters. The highest BCUT2D eigenvalue weighted by Gasteiger charge is 2.32. The first-order valence-electron chi connectivity index (χ1n) is 8.74. The van der Waals surface area contributed by atoms with Crippen molar-refractivity contribution in [1.82, 2.24) is 4.57 Å². The van der Waals surface area contributed by atoms with E-state index in [1.54, 1.807) is 30.3 Å². The van der Waals surface area contributed by atoms with Gasteiger partial charge in [-0.25, -0.2) is 0 Å². The van der Waals surface area contributed by atoms with Crippen LogP contribution in [0.25, 0.3) is 11.8 Å². The molecule has 2 aromatic carbocycles. The molecule has 4 rings (SSSR count). The van der Waals surface area contributed by atoms with Crippen LogP contribution in [0, 0.1) is 20.8 Å². The van der Waals surface area contributed by atoms with E-state index in [2.05, 4.69) is 39.6 Å². The molecule has 0 saturated heterocycles. The van der Waals surface area contributed by atoms with Crippen LogP contribution in [0.3, 0.4) is 0 Å². The molecule has 1 aliphatic carbocycles. The fraction of sp³-hybridized carbons (Fsp3) is 0.130. The lowest BCUT2D eigenvalue weighted by molar-refractivity contribution is 0.0990. The Morgan fingerprint density at radius 3 is 2.11 bits per heavy atom. The average Bonchev–Trinajstić information content (AvgIpc) is 3.06. The Hall–Kier alpha value is -2.72. The molecular weight excluding hydrogens is 402 g/mol. The Labute approximate surface area is 166 Å². The molecule has 0 fully saturated rings. The lowest BCUT2D eigenvalue weighted by Gasteiger charge is -2.11. The second kappa shape index (κ2) is 6.46. The van der Waals surface area contributed by atoms with Gasteiger partial charge in [-0.1, -0.05) is 40.2 Å². The number of nitrogens with zero attached hydrogens (tertiary/aromatic N) is 1. The van der Waals surface area contributed by atoms with Crippen LogP contribution in [-0.2, 0) is 0 Å². The van der Waals surface area contributed by atoms with Crippen molar-refractivity contribution in [1.29, 1.82) is 0 Å². The van der Waals surface area contributed by atoms with Gasteiger partial charge in [0.25, 0.3) is 0 Å². The second-order valence-corrected chi connectivity index (χ2v) is 7.71. The highest BCUT2D eigenvalue weighted by molar-refractivity contribution is 9.10. The van der Waals surface area contributed by atoms with Gasteiger partial charge in [0.05, 0.1) is 5.57 Å². The molecule has 4 heteroatoms. The van der Waals surface area contributed by atoms with Crippen LogP contribution >= 0.6 is 15.9 Å². The lowest BCUT2D eigenvalue weighted by atomic mass is 10.1. The minimum atomic E-state index is -0.195. The first kappa shape index (κ1) is 17.7. The zero-order chi connectivity index (χ0) is 19.3. The first-order chi connectivity index (χ1) is 12.9. The van der Waals surface area contributed by atoms with Crippen molar-refractivity contribution in [3.05, 3.63) is 92.2 Å². The summed E-state index contributed by atoms with van der Waals surface area (Å²) in [6.07, 6.45) is 1.73. The molecule has 0 amide bonds. The average molecular weight is 420 g/mol. The number of rotatable bonds is 2. The van der Waals surface area contributed by atoms with Crippen LogP contribution in [0.15, 0.2) is 58.6 Å². The van der Waals surface area contributed by atoms with Crippen molar-refractivity contribution >= 4 is 33.6 Å². The number of carbonyl (C=O) groups excluding carboxylic acids is 2. The number of hydrogen-bond acceptors (Lipinski definition) is 2. The van der Waals surface area contributed by atoms with Crippen LogP contribution in [-0.4, -0.2) is 16.1 Å². The molecule has 27 heavy (non-hydrogen) atoms. The highest BCUT2D eigenvalue weighted by atomic mass is 79.9. The van der Waals surface area contributed by atoms with Crippen molar-refractivity contribution in [3.63, 3.8) is 0 Å². The van der Waals surface area contributed by atoms with Gasteiger partial charge in [0.1, 0.15) is 0 Å². The van der Waals surface area contributed by atoms with Gasteiger partial charge >= 0.3 is 0 Å². The molecule has 1 aromatic heterocycles. The zero-order valence-corrected chi connectivity index (χ0v) is 16.9. The van der Waals surface area contributed by atoms with Crippen molar-refractivity contribution in [3.8, 4) is 5.69 Å². The van der Waals surface area contributed by atoms with E-state index in [0.717, 1.165) is 32.7 Å². The van der Waals surface area contributed by atoms with Gasteiger partial charge in [-0.2, -0.15) is 0 Å². The van der Waals surface area contributed by atoms with Gasteiger partial charge in [-0.3, -0.25) is 9.59 Å². The molecule has 1 heterocycles. The summed E-state index contributed by atoms with van der Waals surface area (Å²) in [5.41, 5.74) is 6.37. The van der Waals surface area contributed by atoms with Crippen LogP contribution in [0.5, 0.6) is 0 Å². The third-order valence-electron chi connectivity index (χ3n) is 5.08. The van der Waals surface area contributed by atoms with E-state index in [0.29, 0.717) is 11.1 Å². The molecule has 0 spiro atoms. The van der Waals surface area contributed by atoms with Gasteiger partial charge in [0.15, 0.2) is 11.6 Å². The number of aryl methyl sites for hydroxylation is 2. The summed E-state index contributed by atoms with van der Waals surface area (Å²) in [6, 6.07) is 15.2. The summed E-state index contributed by atoms with van der Waals surface area (Å²) in [6.45, 7) is 6.09. The third kappa shape index (κ3) is 2.81. The zero-order valence-electron chi connectivity index (χ0n) is 15.3. The minimum absolute atomic E-state index is 0.195. The Morgan fingerprint density at radius 2 is 1.52 bits per heavy atom. The maximum Gasteiger partial charge on any atom is 0.197 e. The quantitative estimate of drug-likeness (QED) is 0.398. The molecule has 3 aromatic rings. The molecular formula is C23H18BrNO2. The predicted octanol–water partition coefficient (Wildman–Crippen LogP) is 5.63. The monoisotopic (exact) mass is 419 g/mol. The largest absolute Gasteiger partial charge is 0.318 e. The number of fused-ring (bicyclic) bond motifs is 1. The number of hydrogen-bond donors (Lipinski definition) is 0. The van der Waals surface area contributed by atoms with Crippen molar-refractivity contribution in [2.75, 3.05) is 0 Å². The van der Waals surface area contributed by atoms with E-state index in [1.165, 1.54) is 0 Å². The number of halogens is 1. The summed E-state index contributed by atoms with van der Waals surface area (Å²) >= 11 is 3.54. The normalized spacial score (nSPS) is 13.3. The fourth-order valence-corrected chi connectivity index (χ4v) is 3.90. The van der Waals surface area contributed by atoms with E-state index in [-0.39, 0.29) is 17.1 Å². The van der Waals surface area contributed by atoms with E-state index in [1.807, 2.05) is 26.0 Å². The summed E-state index contributed by atoms with van der Waals surface area (Å²) in [7, 11) is 0. The van der Waals surface area contributed by atoms with Crippen molar-refractivity contribution in [2.24, 2.45) is 0 Å². The van der Waals surface area contributed by atoms with Crippen LogP contribution < -0.4 is 0 Å². The van der Waals surface area contributed by atoms with E-state index < -0.39 is 0 Å². The topological polar surface area (TPSA) is 39.1 Å². The molecule has 3 nitrogen and oxygen atoms in total. The molecule has 0 N–H and O–H groups in total. The maximum absolute atomic E-state index is 12.7. The molecule has 134 valence electrons. The van der Waals surface area contributed by atoms with E-state index in [9.17, 15) is 9.59 Å². The fourth-order valence-electron chi connectivity index (χ4n) is 3.66. The lowest BCUT2D eigenvalue weighted by Crippen LogP contribution is -2.02. The number of ketones is 2. The Bertz CT molecular complexity index is 1110. The second-order valence-electron chi connectivity index (χ2n) is 6.86. The van der Waals surface area contributed by atoms with Gasteiger partial charge in [0, 0.05) is 32.7 Å². The van der Waals surface area contributed by atoms with Crippen molar-refractivity contribution in [2.45, 2.75) is 20.8 Å². The van der Waals surface area contributed by atoms with Gasteiger partial charge in [-0.15, -0.1) is 0 Å². The van der Waals surface area contributed by atoms with Gasteiger partial charge in [-0.05, 0) is 62.2 Å². The number of allylic oxidation sites excluding steroid dienone is 1. The molecule has 0 aliphatic heterocycles. The minimum Gasteiger partial charge on any atom is -0.318 e. The first-order valence-corrected chi connectivity index (χ1v) is 9.53. The smallest absolute Gasteiger partial charge is 0.197 e. The summed E-state index contributed by atoms with van der Waals surface area (Å²) in [5.74, 6) is -0.389. The number of Topliss-reactive ketones (excluding diaryl/α,β-unsaturated/α-hetero) is 2. The van der Waals surface area contributed by atoms with Crippen LogP contribution in [0.1, 0.15) is 43.2 Å².